The molecule has 8 bridgehead atoms. The van der Waals surface area contributed by atoms with Gasteiger partial charge >= 0.3 is 0 Å². The number of rotatable bonds is 4. The van der Waals surface area contributed by atoms with E-state index in [-0.39, 0.29) is 0 Å². The highest BCUT2D eigenvalue weighted by Crippen LogP contribution is 2.43. The molecule has 4 nitrogen and oxygen atoms in total. The zero-order chi connectivity index (χ0) is 32.5. The third-order valence-electron chi connectivity index (χ3n) is 8.03. The van der Waals surface area contributed by atoms with E-state index in [1.54, 1.807) is 45.3 Å². The Morgan fingerprint density at radius 3 is 0.812 bits per heavy atom. The first-order valence-corrected chi connectivity index (χ1v) is 21.0. The first kappa shape index (κ1) is 31.3. The van der Waals surface area contributed by atoms with E-state index in [1.165, 1.54) is 0 Å². The Balaban J connectivity index is 1.48. The second-order valence-electron chi connectivity index (χ2n) is 10.9. The van der Waals surface area contributed by atoms with E-state index < -0.39 is 0 Å². The molecule has 9 rings (SSSR count). The van der Waals surface area contributed by atoms with Crippen molar-refractivity contribution in [2.75, 3.05) is 0 Å². The van der Waals surface area contributed by atoms with Crippen LogP contribution in [0, 0.1) is 0 Å². The smallest absolute Gasteiger partial charge is 0.0745 e. The Morgan fingerprint density at radius 1 is 0.354 bits per heavy atom. The summed E-state index contributed by atoms with van der Waals surface area (Å²) in [7, 11) is 0. The molecule has 7 aromatic heterocycles. The molecule has 0 spiro atoms. The molecule has 0 amide bonds. The molecule has 48 heavy (non-hydrogen) atoms. The van der Waals surface area contributed by atoms with Crippen molar-refractivity contribution in [3.8, 4) is 41.8 Å². The van der Waals surface area contributed by atoms with Crippen LogP contribution in [0.4, 0.5) is 0 Å². The fraction of sp³-hybridized carbons (Fsp3) is 0. The van der Waals surface area contributed by atoms with Crippen molar-refractivity contribution in [1.29, 1.82) is 0 Å². The van der Waals surface area contributed by atoms with Crippen molar-refractivity contribution in [3.63, 3.8) is 0 Å². The van der Waals surface area contributed by atoms with E-state index in [1.807, 2.05) is 0 Å². The average molecular weight is 954 g/mol. The molecule has 0 atom stereocenters. The van der Waals surface area contributed by atoms with Crippen molar-refractivity contribution in [2.45, 2.75) is 0 Å². The van der Waals surface area contributed by atoms with Gasteiger partial charge in [0.15, 0.2) is 0 Å². The maximum absolute atomic E-state index is 5.35. The molecule has 2 aliphatic heterocycles. The highest BCUT2D eigenvalue weighted by atomic mass is 79.9. The zero-order valence-corrected chi connectivity index (χ0v) is 33.9. The van der Waals surface area contributed by atoms with Crippen molar-refractivity contribution in [3.05, 3.63) is 111 Å². The summed E-state index contributed by atoms with van der Waals surface area (Å²) >= 11 is 21.6. The number of hydrogen-bond acceptors (Lipinski definition) is 6. The number of halogens is 4. The van der Waals surface area contributed by atoms with Crippen molar-refractivity contribution < 1.29 is 0 Å². The normalized spacial score (nSPS) is 12.4. The van der Waals surface area contributed by atoms with E-state index in [0.29, 0.717) is 0 Å². The maximum Gasteiger partial charge on any atom is 0.0745 e. The summed E-state index contributed by atoms with van der Waals surface area (Å²) in [4.78, 5) is 22.8. The summed E-state index contributed by atoms with van der Waals surface area (Å²) in [6.07, 6.45) is 8.54. The predicted molar refractivity (Wildman–Crippen MR) is 223 cm³/mol. The first-order chi connectivity index (χ1) is 23.4. The number of fused-ring (bicyclic) bond motifs is 8. The second-order valence-corrected chi connectivity index (χ2v) is 20.8. The molecule has 0 saturated heterocycles. The minimum absolute atomic E-state index is 0.907. The second kappa shape index (κ2) is 12.6. The highest BCUT2D eigenvalue weighted by Gasteiger charge is 2.20. The summed E-state index contributed by atoms with van der Waals surface area (Å²) in [6, 6.07) is 25.6. The van der Waals surface area contributed by atoms with Crippen molar-refractivity contribution >= 4 is 155 Å². The van der Waals surface area contributed by atoms with Crippen LogP contribution >= 0.6 is 109 Å². The zero-order valence-electron chi connectivity index (χ0n) is 24.3. The van der Waals surface area contributed by atoms with Crippen LogP contribution in [0.5, 0.6) is 0 Å². The summed E-state index contributed by atoms with van der Waals surface area (Å²) in [5.41, 5.74) is 11.8. The lowest BCUT2D eigenvalue weighted by Gasteiger charge is -2.03. The Bertz CT molecular complexity index is 2290. The summed E-state index contributed by atoms with van der Waals surface area (Å²) in [6.45, 7) is 0. The molecule has 0 fully saturated rings. The third kappa shape index (κ3) is 5.64. The SMILES string of the molecule is Brc1ccc(-c2c3nc(c(-c4ccc(Br)s4)c4ccc([nH]4)c(-c4ccc(Br)s4)c4nc(c(-c5ccc(Br)s5)c5ccc2[nH]5)C=C4)C=C3)s1. The first-order valence-electron chi connectivity index (χ1n) is 14.6. The fourth-order valence-corrected chi connectivity index (χ4v) is 11.9. The van der Waals surface area contributed by atoms with E-state index >= 15 is 0 Å². The number of nitrogens with zero attached hydrogens (tertiary/aromatic N) is 2. The summed E-state index contributed by atoms with van der Waals surface area (Å²) < 4.78 is 4.28. The number of H-pyrrole nitrogens is 2. The van der Waals surface area contributed by atoms with Gasteiger partial charge in [-0.05, 0) is 161 Å². The van der Waals surface area contributed by atoms with Gasteiger partial charge in [-0.25, -0.2) is 9.97 Å². The molecule has 0 aliphatic carbocycles. The molecule has 9 heterocycles. The standard InChI is InChI=1S/C36H18Br4N4S4/c37-29-13-9-25(45-29)33-17-1-2-18(41-17)34(26-10-14-30(38)46-26)20-5-6-22(43-20)36(28-12-16-32(40)48-28)24-8-7-23(44-24)35(21-4-3-19(33)42-21)27-11-15-31(39)47-27/h1-16,41,44H. The largest absolute Gasteiger partial charge is 0.354 e. The molecule has 12 heteroatoms. The van der Waals surface area contributed by atoms with Gasteiger partial charge in [-0.15, -0.1) is 45.3 Å². The van der Waals surface area contributed by atoms with Crippen LogP contribution in [0.1, 0.15) is 22.8 Å². The number of aromatic nitrogens is 4. The summed E-state index contributed by atoms with van der Waals surface area (Å²) in [5.74, 6) is 0. The topological polar surface area (TPSA) is 57.4 Å². The molecule has 2 aliphatic rings. The monoisotopic (exact) mass is 950 g/mol. The van der Waals surface area contributed by atoms with E-state index in [9.17, 15) is 0 Å². The molecular weight excluding hydrogens is 936 g/mol. The van der Waals surface area contributed by atoms with Gasteiger partial charge in [-0.2, -0.15) is 0 Å². The van der Waals surface area contributed by atoms with Gasteiger partial charge in [0.25, 0.3) is 0 Å². The lowest BCUT2D eigenvalue weighted by Crippen LogP contribution is -1.87. The van der Waals surface area contributed by atoms with Gasteiger partial charge in [0.1, 0.15) is 0 Å². The predicted octanol–water partition coefficient (Wildman–Crippen LogP) is 14.6. The molecule has 2 N–H and O–H groups in total. The van der Waals surface area contributed by atoms with Crippen LogP contribution in [-0.4, -0.2) is 19.9 Å². The van der Waals surface area contributed by atoms with E-state index in [0.717, 1.165) is 102 Å². The minimum Gasteiger partial charge on any atom is -0.354 e. The molecule has 234 valence electrons. The summed E-state index contributed by atoms with van der Waals surface area (Å²) in [5, 5.41) is 0. The quantitative estimate of drug-likeness (QED) is 0.185. The van der Waals surface area contributed by atoms with Crippen LogP contribution in [-0.2, 0) is 0 Å². The van der Waals surface area contributed by atoms with Gasteiger partial charge in [-0.1, -0.05) is 0 Å². The molecule has 0 radical (unpaired) electrons. The van der Waals surface area contributed by atoms with Crippen LogP contribution in [0.3, 0.4) is 0 Å². The molecule has 7 aromatic rings. The Morgan fingerprint density at radius 2 is 0.604 bits per heavy atom. The average Bonchev–Trinajstić information content (AvgIpc) is 3.89. The van der Waals surface area contributed by atoms with Crippen LogP contribution in [0.2, 0.25) is 0 Å². The number of hydrogen-bond donors (Lipinski definition) is 2. The van der Waals surface area contributed by atoms with Gasteiger partial charge in [0.05, 0.1) is 37.9 Å². The molecular formula is C36H18Br4N4S4. The van der Waals surface area contributed by atoms with Crippen LogP contribution in [0.25, 0.3) is 88.1 Å². The minimum atomic E-state index is 0.907. The van der Waals surface area contributed by atoms with Crippen LogP contribution < -0.4 is 0 Å². The van der Waals surface area contributed by atoms with E-state index in [4.69, 9.17) is 9.97 Å². The molecule has 0 aromatic carbocycles. The van der Waals surface area contributed by atoms with Crippen LogP contribution in [0.15, 0.2) is 87.9 Å². The number of aromatic amines is 2. The van der Waals surface area contributed by atoms with Gasteiger partial charge < -0.3 is 9.97 Å². The lowest BCUT2D eigenvalue weighted by atomic mass is 10.1. The van der Waals surface area contributed by atoms with E-state index in [2.05, 4.69) is 171 Å². The Hall–Kier alpha value is -2.68. The van der Waals surface area contributed by atoms with Crippen molar-refractivity contribution in [2.24, 2.45) is 0 Å². The Kier molecular flexibility index (Phi) is 8.20. The van der Waals surface area contributed by atoms with Crippen molar-refractivity contribution in [1.82, 2.24) is 19.9 Å². The van der Waals surface area contributed by atoms with Gasteiger partial charge in [0.2, 0.25) is 0 Å². The number of nitrogens with one attached hydrogen (secondary N) is 2. The highest BCUT2D eigenvalue weighted by molar-refractivity contribution is 9.11. The molecule has 0 saturated carbocycles. The number of thiophene rings is 4. The van der Waals surface area contributed by atoms with Gasteiger partial charge in [0, 0.05) is 63.8 Å². The fourth-order valence-electron chi connectivity index (χ4n) is 6.04. The Labute approximate surface area is 324 Å². The third-order valence-corrected chi connectivity index (χ3v) is 14.6. The van der Waals surface area contributed by atoms with Gasteiger partial charge in [-0.3, -0.25) is 0 Å². The molecule has 0 unspecified atom stereocenters. The lowest BCUT2D eigenvalue weighted by molar-refractivity contribution is 1.32. The maximum atomic E-state index is 5.35.